The lowest BCUT2D eigenvalue weighted by Crippen LogP contribution is -1.94. The summed E-state index contributed by atoms with van der Waals surface area (Å²) in [5.41, 5.74) is 8.32. The maximum absolute atomic E-state index is 5.38. The maximum atomic E-state index is 5.38. The molecule has 5 nitrogen and oxygen atoms in total. The van der Waals surface area contributed by atoms with E-state index < -0.39 is 0 Å². The summed E-state index contributed by atoms with van der Waals surface area (Å²) >= 11 is 0. The quantitative estimate of drug-likeness (QED) is 0.546. The number of pyridine rings is 1. The number of hydrogen-bond donors (Lipinski definition) is 0. The molecular formula is C20H20N4O. The van der Waals surface area contributed by atoms with Crippen molar-refractivity contribution in [1.29, 1.82) is 0 Å². The summed E-state index contributed by atoms with van der Waals surface area (Å²) in [6, 6.07) is 8.41. The highest BCUT2D eigenvalue weighted by Gasteiger charge is 2.18. The molecule has 0 saturated heterocycles. The van der Waals surface area contributed by atoms with E-state index in [2.05, 4.69) is 44.8 Å². The molecule has 0 saturated carbocycles. The summed E-state index contributed by atoms with van der Waals surface area (Å²) in [6.07, 6.45) is 3.72. The summed E-state index contributed by atoms with van der Waals surface area (Å²) in [4.78, 5) is 9.12. The summed E-state index contributed by atoms with van der Waals surface area (Å²) in [7, 11) is 0. The van der Waals surface area contributed by atoms with Crippen molar-refractivity contribution in [2.24, 2.45) is 0 Å². The van der Waals surface area contributed by atoms with Gasteiger partial charge in [-0.1, -0.05) is 11.2 Å². The fraction of sp³-hybridized carbons (Fsp3) is 0.250. The van der Waals surface area contributed by atoms with Crippen molar-refractivity contribution < 1.29 is 4.52 Å². The van der Waals surface area contributed by atoms with Gasteiger partial charge >= 0.3 is 0 Å². The number of imidazole rings is 1. The van der Waals surface area contributed by atoms with Crippen LogP contribution in [-0.2, 0) is 6.54 Å². The highest BCUT2D eigenvalue weighted by molar-refractivity contribution is 5.97. The summed E-state index contributed by atoms with van der Waals surface area (Å²) < 4.78 is 7.54. The Hall–Kier alpha value is -2.95. The Bertz CT molecular complexity index is 1060. The average Bonchev–Trinajstić information content (AvgIpc) is 3.17. The zero-order valence-electron chi connectivity index (χ0n) is 14.9. The van der Waals surface area contributed by atoms with E-state index in [1.165, 1.54) is 0 Å². The minimum Gasteiger partial charge on any atom is -0.361 e. The SMILES string of the molecule is CCn1cnc2c(-c3cccnc3C)cc(-c3c(C)noc3C)cc21. The Kier molecular flexibility index (Phi) is 3.64. The van der Waals surface area contributed by atoms with Crippen molar-refractivity contribution in [3.8, 4) is 22.3 Å². The number of aryl methyl sites for hydroxylation is 4. The van der Waals surface area contributed by atoms with E-state index in [1.807, 2.05) is 39.4 Å². The Labute approximate surface area is 146 Å². The van der Waals surface area contributed by atoms with Crippen molar-refractivity contribution in [2.45, 2.75) is 34.2 Å². The van der Waals surface area contributed by atoms with E-state index in [0.29, 0.717) is 0 Å². The first kappa shape index (κ1) is 15.6. The lowest BCUT2D eigenvalue weighted by atomic mass is 9.96. The molecule has 3 aromatic heterocycles. The Balaban J connectivity index is 2.08. The van der Waals surface area contributed by atoms with Crippen LogP contribution in [0.1, 0.15) is 24.1 Å². The zero-order valence-corrected chi connectivity index (χ0v) is 14.9. The predicted octanol–water partition coefficient (Wildman–Crippen LogP) is 4.70. The van der Waals surface area contributed by atoms with E-state index in [4.69, 9.17) is 4.52 Å². The van der Waals surface area contributed by atoms with E-state index in [-0.39, 0.29) is 0 Å². The second kappa shape index (κ2) is 5.84. The number of benzene rings is 1. The molecule has 0 radical (unpaired) electrons. The molecule has 3 heterocycles. The van der Waals surface area contributed by atoms with E-state index in [1.54, 1.807) is 0 Å². The van der Waals surface area contributed by atoms with E-state index >= 15 is 0 Å². The fourth-order valence-electron chi connectivity index (χ4n) is 3.43. The number of fused-ring (bicyclic) bond motifs is 1. The first-order chi connectivity index (χ1) is 12.1. The van der Waals surface area contributed by atoms with Gasteiger partial charge in [0.25, 0.3) is 0 Å². The van der Waals surface area contributed by atoms with Crippen LogP contribution in [0, 0.1) is 20.8 Å². The van der Waals surface area contributed by atoms with E-state index in [0.717, 1.165) is 57.0 Å². The minimum absolute atomic E-state index is 0.827. The van der Waals surface area contributed by atoms with E-state index in [9.17, 15) is 0 Å². The third kappa shape index (κ3) is 2.43. The molecule has 0 fully saturated rings. The smallest absolute Gasteiger partial charge is 0.141 e. The van der Waals surface area contributed by atoms with Gasteiger partial charge in [0.15, 0.2) is 0 Å². The summed E-state index contributed by atoms with van der Waals surface area (Å²) in [6.45, 7) is 8.94. The molecule has 126 valence electrons. The number of aromatic nitrogens is 4. The van der Waals surface area contributed by atoms with Crippen molar-refractivity contribution >= 4 is 11.0 Å². The number of hydrogen-bond acceptors (Lipinski definition) is 4. The zero-order chi connectivity index (χ0) is 17.6. The van der Waals surface area contributed by atoms with Crippen LogP contribution >= 0.6 is 0 Å². The molecule has 25 heavy (non-hydrogen) atoms. The standard InChI is InChI=1S/C20H20N4O/c1-5-24-11-22-20-17(16-7-6-8-21-12(16)2)9-15(10-18(20)24)19-13(3)23-25-14(19)4/h6-11H,5H2,1-4H3. The molecule has 1 aromatic carbocycles. The molecule has 5 heteroatoms. The second-order valence-corrected chi connectivity index (χ2v) is 6.26. The molecule has 0 N–H and O–H groups in total. The lowest BCUT2D eigenvalue weighted by molar-refractivity contribution is 0.393. The second-order valence-electron chi connectivity index (χ2n) is 6.26. The molecule has 4 aromatic rings. The third-order valence-corrected chi connectivity index (χ3v) is 4.69. The Morgan fingerprint density at radius 1 is 1.04 bits per heavy atom. The summed E-state index contributed by atoms with van der Waals surface area (Å²) in [5, 5.41) is 4.11. The van der Waals surface area contributed by atoms with Crippen LogP contribution in [0.2, 0.25) is 0 Å². The molecule has 0 aliphatic rings. The van der Waals surface area contributed by atoms with Crippen LogP contribution in [-0.4, -0.2) is 19.7 Å². The lowest BCUT2D eigenvalue weighted by Gasteiger charge is -2.10. The highest BCUT2D eigenvalue weighted by Crippen LogP contribution is 2.36. The largest absolute Gasteiger partial charge is 0.361 e. The Morgan fingerprint density at radius 3 is 2.56 bits per heavy atom. The molecular weight excluding hydrogens is 312 g/mol. The number of rotatable bonds is 3. The van der Waals surface area contributed by atoms with Gasteiger partial charge in [-0.3, -0.25) is 4.98 Å². The normalized spacial score (nSPS) is 11.4. The molecule has 0 bridgehead atoms. The summed E-state index contributed by atoms with van der Waals surface area (Å²) in [5.74, 6) is 0.827. The molecule has 0 unspecified atom stereocenters. The monoisotopic (exact) mass is 332 g/mol. The first-order valence-corrected chi connectivity index (χ1v) is 8.44. The molecule has 0 amide bonds. The first-order valence-electron chi connectivity index (χ1n) is 8.44. The van der Waals surface area contributed by atoms with Crippen molar-refractivity contribution in [3.63, 3.8) is 0 Å². The molecule has 0 atom stereocenters. The van der Waals surface area contributed by atoms with Gasteiger partial charge in [0.1, 0.15) is 5.76 Å². The van der Waals surface area contributed by atoms with Crippen LogP contribution in [0.3, 0.4) is 0 Å². The van der Waals surface area contributed by atoms with Gasteiger partial charge in [-0.2, -0.15) is 0 Å². The molecule has 0 aliphatic heterocycles. The van der Waals surface area contributed by atoms with Crippen LogP contribution in [0.15, 0.2) is 41.3 Å². The van der Waals surface area contributed by atoms with Crippen LogP contribution in [0.25, 0.3) is 33.3 Å². The van der Waals surface area contributed by atoms with Crippen LogP contribution < -0.4 is 0 Å². The highest BCUT2D eigenvalue weighted by atomic mass is 16.5. The van der Waals surface area contributed by atoms with Gasteiger partial charge in [0.05, 0.1) is 23.1 Å². The fourth-order valence-corrected chi connectivity index (χ4v) is 3.43. The van der Waals surface area contributed by atoms with Crippen molar-refractivity contribution in [2.75, 3.05) is 0 Å². The minimum atomic E-state index is 0.827. The predicted molar refractivity (Wildman–Crippen MR) is 98.3 cm³/mol. The van der Waals surface area contributed by atoms with Gasteiger partial charge in [-0.25, -0.2) is 4.98 Å². The molecule has 4 rings (SSSR count). The molecule has 0 spiro atoms. The molecule has 0 aliphatic carbocycles. The topological polar surface area (TPSA) is 56.7 Å². The van der Waals surface area contributed by atoms with Gasteiger partial charge in [0, 0.05) is 35.1 Å². The van der Waals surface area contributed by atoms with Crippen molar-refractivity contribution in [3.05, 3.63) is 53.9 Å². The van der Waals surface area contributed by atoms with Gasteiger partial charge in [-0.15, -0.1) is 0 Å². The third-order valence-electron chi connectivity index (χ3n) is 4.69. The van der Waals surface area contributed by atoms with Gasteiger partial charge in [0.2, 0.25) is 0 Å². The number of nitrogens with zero attached hydrogens (tertiary/aromatic N) is 4. The average molecular weight is 332 g/mol. The Morgan fingerprint density at radius 2 is 1.88 bits per heavy atom. The van der Waals surface area contributed by atoms with Crippen molar-refractivity contribution in [1.82, 2.24) is 19.7 Å². The van der Waals surface area contributed by atoms with Gasteiger partial charge < -0.3 is 9.09 Å². The van der Waals surface area contributed by atoms with Gasteiger partial charge in [-0.05, 0) is 51.5 Å². The van der Waals surface area contributed by atoms with Crippen LogP contribution in [0.5, 0.6) is 0 Å². The van der Waals surface area contributed by atoms with Crippen LogP contribution in [0.4, 0.5) is 0 Å². The maximum Gasteiger partial charge on any atom is 0.141 e.